The van der Waals surface area contributed by atoms with Gasteiger partial charge in [0.25, 0.3) is 0 Å². The number of amides is 1. The van der Waals surface area contributed by atoms with E-state index in [0.29, 0.717) is 24.1 Å². The highest BCUT2D eigenvalue weighted by atomic mass is 16.6. The predicted molar refractivity (Wildman–Crippen MR) is 115 cm³/mol. The molecule has 0 aromatic carbocycles. The van der Waals surface area contributed by atoms with E-state index in [4.69, 9.17) is 10.5 Å². The van der Waals surface area contributed by atoms with Gasteiger partial charge < -0.3 is 30.6 Å². The molecule has 4 atom stereocenters. The lowest BCUT2D eigenvalue weighted by Crippen LogP contribution is -2.40. The summed E-state index contributed by atoms with van der Waals surface area (Å²) >= 11 is 0. The number of fused-ring (bicyclic) bond motifs is 2. The summed E-state index contributed by atoms with van der Waals surface area (Å²) in [6, 6.07) is 1.82. The van der Waals surface area contributed by atoms with Gasteiger partial charge in [-0.2, -0.15) is 0 Å². The summed E-state index contributed by atoms with van der Waals surface area (Å²) in [6.45, 7) is 0.482. The van der Waals surface area contributed by atoms with Crippen molar-refractivity contribution < 1.29 is 24.5 Å². The van der Waals surface area contributed by atoms with Crippen LogP contribution >= 0.6 is 0 Å². The first-order chi connectivity index (χ1) is 15.9. The van der Waals surface area contributed by atoms with E-state index >= 15 is 0 Å². The molecule has 0 saturated carbocycles. The number of hydrogen-bond donors (Lipinski definition) is 4. The molecular weight excluding hydrogens is 430 g/mol. The van der Waals surface area contributed by atoms with E-state index in [1.165, 1.54) is 17.2 Å². The number of aryl methyl sites for hydroxylation is 1. The van der Waals surface area contributed by atoms with Gasteiger partial charge in [0.1, 0.15) is 30.2 Å². The number of ether oxygens (including phenoxy) is 1. The van der Waals surface area contributed by atoms with Gasteiger partial charge in [0.2, 0.25) is 5.91 Å². The van der Waals surface area contributed by atoms with Crippen molar-refractivity contribution in [3.05, 3.63) is 36.2 Å². The van der Waals surface area contributed by atoms with Crippen LogP contribution in [0.4, 0.5) is 5.82 Å². The van der Waals surface area contributed by atoms with E-state index in [0.717, 1.165) is 24.1 Å². The molecule has 5 N–H and O–H groups in total. The minimum atomic E-state index is -1.25. The number of ketones is 1. The predicted octanol–water partition coefficient (Wildman–Crippen LogP) is -0.445. The van der Waals surface area contributed by atoms with Crippen molar-refractivity contribution in [3.63, 3.8) is 0 Å². The van der Waals surface area contributed by atoms with Crippen LogP contribution in [0, 0.1) is 0 Å². The first-order valence-electron chi connectivity index (χ1n) is 10.9. The third-order valence-corrected chi connectivity index (χ3v) is 6.28. The minimum Gasteiger partial charge on any atom is -0.387 e. The van der Waals surface area contributed by atoms with E-state index < -0.39 is 24.5 Å². The quantitative estimate of drug-likeness (QED) is 0.384. The number of nitrogens with two attached hydrogens (primary N) is 1. The molecule has 0 radical (unpaired) electrons. The Kier molecular flexibility index (Phi) is 5.56. The van der Waals surface area contributed by atoms with Gasteiger partial charge in [0.05, 0.1) is 6.33 Å². The Morgan fingerprint density at radius 3 is 2.94 bits per heavy atom. The molecule has 3 aromatic heterocycles. The molecule has 0 spiro atoms. The van der Waals surface area contributed by atoms with Crippen LogP contribution in [0.5, 0.6) is 0 Å². The van der Waals surface area contributed by atoms with Gasteiger partial charge in [-0.25, -0.2) is 15.0 Å². The van der Waals surface area contributed by atoms with Crippen LogP contribution in [0.1, 0.15) is 41.5 Å². The van der Waals surface area contributed by atoms with Gasteiger partial charge >= 0.3 is 0 Å². The van der Waals surface area contributed by atoms with Crippen molar-refractivity contribution in [2.45, 2.75) is 56.8 Å². The van der Waals surface area contributed by atoms with Gasteiger partial charge in [0, 0.05) is 43.4 Å². The molecule has 5 rings (SSSR count). The highest BCUT2D eigenvalue weighted by Crippen LogP contribution is 2.31. The standard InChI is InChI=1S/C21H25N7O5/c22-19-16-20(25-9-24-19)28(10-26-16)21-18(32)17(31)14(33-21)8-23-15(30)5-7-27-6-4-11-12(27)2-1-3-13(11)29/h4,6,9-10,14,17-18,21,31-32H,1-3,5,7-8H2,(H,23,30)(H2,22,24,25)/t14-,17-,18-,21-/m1/s1. The molecular formula is C21H25N7O5. The zero-order valence-corrected chi connectivity index (χ0v) is 17.8. The second-order valence-electron chi connectivity index (χ2n) is 8.33. The van der Waals surface area contributed by atoms with Gasteiger partial charge in [-0.05, 0) is 18.9 Å². The maximum absolute atomic E-state index is 12.4. The number of carbonyl (C=O) groups excluding carboxylic acids is 2. The molecule has 12 nitrogen and oxygen atoms in total. The molecule has 0 unspecified atom stereocenters. The number of aliphatic hydroxyl groups excluding tert-OH is 2. The lowest BCUT2D eigenvalue weighted by Gasteiger charge is -2.17. The number of imidazole rings is 1. The Hall–Kier alpha value is -3.35. The number of Topliss-reactive ketones (excluding diaryl/α,β-unsaturated/α-hetero) is 1. The van der Waals surface area contributed by atoms with E-state index in [1.807, 2.05) is 16.8 Å². The number of nitrogens with one attached hydrogen (secondary N) is 1. The number of rotatable bonds is 6. The Labute approximate surface area is 188 Å². The van der Waals surface area contributed by atoms with Crippen molar-refractivity contribution in [1.82, 2.24) is 29.4 Å². The lowest BCUT2D eigenvalue weighted by atomic mass is 9.97. The summed E-state index contributed by atoms with van der Waals surface area (Å²) < 4.78 is 9.26. The Morgan fingerprint density at radius 1 is 1.24 bits per heavy atom. The van der Waals surface area contributed by atoms with Crippen LogP contribution in [0.15, 0.2) is 24.9 Å². The molecule has 33 heavy (non-hydrogen) atoms. The molecule has 12 heteroatoms. The number of hydrogen-bond acceptors (Lipinski definition) is 9. The summed E-state index contributed by atoms with van der Waals surface area (Å²) in [7, 11) is 0. The van der Waals surface area contributed by atoms with Crippen LogP contribution in [0.3, 0.4) is 0 Å². The molecule has 3 aromatic rings. The van der Waals surface area contributed by atoms with Crippen LogP contribution in [0.25, 0.3) is 11.2 Å². The fraction of sp³-hybridized carbons (Fsp3) is 0.476. The van der Waals surface area contributed by atoms with Crippen molar-refractivity contribution in [2.75, 3.05) is 12.3 Å². The zero-order chi connectivity index (χ0) is 23.1. The molecule has 1 aliphatic heterocycles. The molecule has 4 heterocycles. The van der Waals surface area contributed by atoms with Crippen molar-refractivity contribution in [2.24, 2.45) is 0 Å². The average molecular weight is 455 g/mol. The summed E-state index contributed by atoms with van der Waals surface area (Å²) in [5.41, 5.74) is 8.28. The van der Waals surface area contributed by atoms with Crippen molar-refractivity contribution >= 4 is 28.7 Å². The molecule has 0 bridgehead atoms. The van der Waals surface area contributed by atoms with Gasteiger partial charge in [-0.3, -0.25) is 14.2 Å². The maximum atomic E-state index is 12.4. The molecule has 1 fully saturated rings. The fourth-order valence-electron chi connectivity index (χ4n) is 4.51. The first-order valence-corrected chi connectivity index (χ1v) is 10.9. The van der Waals surface area contributed by atoms with Gasteiger partial charge in [0.15, 0.2) is 23.5 Å². The van der Waals surface area contributed by atoms with Crippen LogP contribution in [-0.4, -0.2) is 70.8 Å². The first kappa shape index (κ1) is 21.5. The SMILES string of the molecule is Nc1ncnc2c1ncn2[C@@H]1O[C@H](CNC(=O)CCn2ccc3c2CCCC3=O)[C@@H](O)[C@H]1O. The van der Waals surface area contributed by atoms with Crippen LogP contribution in [-0.2, 0) is 22.5 Å². The van der Waals surface area contributed by atoms with Crippen LogP contribution < -0.4 is 11.1 Å². The lowest BCUT2D eigenvalue weighted by molar-refractivity contribution is -0.122. The highest BCUT2D eigenvalue weighted by Gasteiger charge is 2.44. The Morgan fingerprint density at radius 2 is 2.09 bits per heavy atom. The van der Waals surface area contributed by atoms with Crippen LogP contribution in [0.2, 0.25) is 0 Å². The van der Waals surface area contributed by atoms with E-state index in [-0.39, 0.29) is 30.5 Å². The van der Waals surface area contributed by atoms with Crippen molar-refractivity contribution in [1.29, 1.82) is 0 Å². The molecule has 1 aliphatic carbocycles. The second-order valence-corrected chi connectivity index (χ2v) is 8.33. The van der Waals surface area contributed by atoms with Gasteiger partial charge in [-0.15, -0.1) is 0 Å². The zero-order valence-electron chi connectivity index (χ0n) is 17.8. The Balaban J connectivity index is 1.18. The van der Waals surface area contributed by atoms with E-state index in [1.54, 1.807) is 0 Å². The summed E-state index contributed by atoms with van der Waals surface area (Å²) in [5, 5.41) is 23.7. The molecule has 1 saturated heterocycles. The number of nitrogen functional groups attached to an aromatic ring is 1. The smallest absolute Gasteiger partial charge is 0.221 e. The second kappa shape index (κ2) is 8.54. The average Bonchev–Trinajstić information content (AvgIpc) is 3.49. The molecule has 2 aliphatic rings. The topological polar surface area (TPSA) is 170 Å². The maximum Gasteiger partial charge on any atom is 0.221 e. The normalized spacial score (nSPS) is 24.8. The number of aromatic nitrogens is 5. The highest BCUT2D eigenvalue weighted by molar-refractivity contribution is 5.98. The number of carbonyl (C=O) groups is 2. The summed E-state index contributed by atoms with van der Waals surface area (Å²) in [5.74, 6) is 0.130. The Bertz CT molecular complexity index is 1210. The number of anilines is 1. The third kappa shape index (κ3) is 3.86. The van der Waals surface area contributed by atoms with E-state index in [9.17, 15) is 19.8 Å². The monoisotopic (exact) mass is 455 g/mol. The number of nitrogens with zero attached hydrogens (tertiary/aromatic N) is 5. The largest absolute Gasteiger partial charge is 0.387 e. The van der Waals surface area contributed by atoms with Crippen molar-refractivity contribution in [3.8, 4) is 0 Å². The third-order valence-electron chi connectivity index (χ3n) is 6.28. The molecule has 1 amide bonds. The fourth-order valence-corrected chi connectivity index (χ4v) is 4.51. The van der Waals surface area contributed by atoms with Gasteiger partial charge in [-0.1, -0.05) is 0 Å². The van der Waals surface area contributed by atoms with E-state index in [2.05, 4.69) is 20.3 Å². The summed E-state index contributed by atoms with van der Waals surface area (Å²) in [4.78, 5) is 36.5. The summed E-state index contributed by atoms with van der Waals surface area (Å²) in [6.07, 6.45) is 2.77. The molecule has 174 valence electrons. The minimum absolute atomic E-state index is 0.0274. The number of aliphatic hydroxyl groups is 2.